The fraction of sp³-hybridized carbons (Fsp3) is 0.292. The van der Waals surface area contributed by atoms with Gasteiger partial charge in [0, 0.05) is 44.4 Å². The Bertz CT molecular complexity index is 1450. The Kier molecular flexibility index (Phi) is 6.83. The van der Waals surface area contributed by atoms with Crippen LogP contribution in [0.1, 0.15) is 24.7 Å². The highest BCUT2D eigenvalue weighted by molar-refractivity contribution is 7.89. The van der Waals surface area contributed by atoms with Gasteiger partial charge in [-0.2, -0.15) is 0 Å². The molecule has 0 aliphatic rings. The number of sulfonamides is 1. The number of benzene rings is 2. The predicted octanol–water partition coefficient (Wildman–Crippen LogP) is 4.31. The van der Waals surface area contributed by atoms with Crippen LogP contribution in [0.2, 0.25) is 0 Å². The van der Waals surface area contributed by atoms with Crippen molar-refractivity contribution in [3.8, 4) is 11.3 Å². The number of aromatic nitrogens is 3. The molecule has 178 valence electrons. The van der Waals surface area contributed by atoms with E-state index in [1.54, 1.807) is 18.2 Å². The third-order valence-corrected chi connectivity index (χ3v) is 8.21. The molecule has 4 aromatic rings. The van der Waals surface area contributed by atoms with E-state index in [9.17, 15) is 13.2 Å². The highest BCUT2D eigenvalue weighted by atomic mass is 32.2. The first-order chi connectivity index (χ1) is 16.2. The van der Waals surface area contributed by atoms with E-state index in [1.807, 2.05) is 48.1 Å². The number of nitrogens with zero attached hydrogens (tertiary/aromatic N) is 4. The molecular weight excluding hydrogens is 470 g/mol. The van der Waals surface area contributed by atoms with Crippen molar-refractivity contribution in [2.24, 2.45) is 0 Å². The number of hydrogen-bond acceptors (Lipinski definition) is 6. The van der Waals surface area contributed by atoms with Gasteiger partial charge in [-0.15, -0.1) is 11.3 Å². The first-order valence-electron chi connectivity index (χ1n) is 10.9. The molecular formula is C24H27N5O3S2. The van der Waals surface area contributed by atoms with Gasteiger partial charge in [0.2, 0.25) is 15.9 Å². The molecule has 0 spiro atoms. The zero-order valence-corrected chi connectivity index (χ0v) is 21.2. The highest BCUT2D eigenvalue weighted by Crippen LogP contribution is 2.27. The van der Waals surface area contributed by atoms with Crippen molar-refractivity contribution in [3.05, 3.63) is 59.2 Å². The van der Waals surface area contributed by atoms with Crippen molar-refractivity contribution in [1.29, 1.82) is 0 Å². The van der Waals surface area contributed by atoms with E-state index in [-0.39, 0.29) is 17.2 Å². The van der Waals surface area contributed by atoms with Crippen LogP contribution in [-0.2, 0) is 27.8 Å². The third kappa shape index (κ3) is 4.75. The van der Waals surface area contributed by atoms with Crippen molar-refractivity contribution in [2.45, 2.75) is 38.1 Å². The van der Waals surface area contributed by atoms with Crippen LogP contribution in [0.5, 0.6) is 0 Å². The number of carbonyl (C=O) groups is 1. The van der Waals surface area contributed by atoms with Gasteiger partial charge in [-0.1, -0.05) is 24.3 Å². The summed E-state index contributed by atoms with van der Waals surface area (Å²) >= 11 is 1.40. The first-order valence-corrected chi connectivity index (χ1v) is 13.3. The summed E-state index contributed by atoms with van der Waals surface area (Å²) in [5.74, 6) is 0.600. The minimum absolute atomic E-state index is 0.142. The van der Waals surface area contributed by atoms with Crippen LogP contribution in [0.3, 0.4) is 0 Å². The molecule has 0 atom stereocenters. The van der Waals surface area contributed by atoms with E-state index in [0.29, 0.717) is 23.6 Å². The van der Waals surface area contributed by atoms with Crippen LogP contribution in [0.25, 0.3) is 22.3 Å². The smallest absolute Gasteiger partial charge is 0.242 e. The fourth-order valence-corrected chi connectivity index (χ4v) is 5.45. The molecule has 4 rings (SSSR count). The van der Waals surface area contributed by atoms with E-state index in [0.717, 1.165) is 28.2 Å². The van der Waals surface area contributed by atoms with Crippen molar-refractivity contribution in [3.63, 3.8) is 0 Å². The van der Waals surface area contributed by atoms with Gasteiger partial charge >= 0.3 is 0 Å². The second-order valence-corrected chi connectivity index (χ2v) is 11.1. The predicted molar refractivity (Wildman–Crippen MR) is 136 cm³/mol. The Labute approximate surface area is 203 Å². The largest absolute Gasteiger partial charge is 0.328 e. The topological polar surface area (TPSA) is 97.2 Å². The second-order valence-electron chi connectivity index (χ2n) is 8.11. The van der Waals surface area contributed by atoms with Gasteiger partial charge < -0.3 is 9.88 Å². The second kappa shape index (κ2) is 9.65. The van der Waals surface area contributed by atoms with E-state index < -0.39 is 10.0 Å². The van der Waals surface area contributed by atoms with Crippen LogP contribution < -0.4 is 5.32 Å². The molecule has 0 bridgehead atoms. The molecule has 10 heteroatoms. The number of hydrogen-bond donors (Lipinski definition) is 1. The lowest BCUT2D eigenvalue weighted by Crippen LogP contribution is -2.22. The van der Waals surface area contributed by atoms with Crippen LogP contribution >= 0.6 is 11.3 Å². The molecule has 1 N–H and O–H groups in total. The Morgan fingerprint density at radius 3 is 2.62 bits per heavy atom. The van der Waals surface area contributed by atoms with E-state index in [4.69, 9.17) is 0 Å². The number of carbonyl (C=O) groups excluding carboxylic acids is 1. The molecule has 0 aliphatic heterocycles. The Morgan fingerprint density at radius 1 is 1.15 bits per heavy atom. The molecule has 2 aromatic heterocycles. The molecule has 0 saturated carbocycles. The van der Waals surface area contributed by atoms with Crippen LogP contribution in [-0.4, -0.2) is 47.3 Å². The summed E-state index contributed by atoms with van der Waals surface area (Å²) in [6.07, 6.45) is 0.672. The van der Waals surface area contributed by atoms with Gasteiger partial charge in [-0.05, 0) is 37.6 Å². The lowest BCUT2D eigenvalue weighted by molar-refractivity contribution is -0.116. The summed E-state index contributed by atoms with van der Waals surface area (Å²) in [4.78, 5) is 22.0. The normalized spacial score (nSPS) is 11.9. The van der Waals surface area contributed by atoms with Crippen LogP contribution in [0, 0.1) is 6.92 Å². The third-order valence-electron chi connectivity index (χ3n) is 5.64. The number of nitrogens with one attached hydrogen (secondary N) is 1. The molecule has 2 aromatic carbocycles. The number of aryl methyl sites for hydroxylation is 3. The van der Waals surface area contributed by atoms with E-state index in [2.05, 4.69) is 15.3 Å². The van der Waals surface area contributed by atoms with Crippen molar-refractivity contribution in [2.75, 3.05) is 19.4 Å². The van der Waals surface area contributed by atoms with Gasteiger partial charge in [-0.3, -0.25) is 4.79 Å². The molecule has 0 aliphatic carbocycles. The molecule has 34 heavy (non-hydrogen) atoms. The zero-order valence-electron chi connectivity index (χ0n) is 19.6. The summed E-state index contributed by atoms with van der Waals surface area (Å²) in [5.41, 5.74) is 4.47. The molecule has 0 saturated heterocycles. The SMILES string of the molecule is CCn1c(CCC(=O)Nc2nc(-c3ccccc3C)cs2)nc2cc(S(=O)(=O)N(C)C)ccc21. The quantitative estimate of drug-likeness (QED) is 0.391. The van der Waals surface area contributed by atoms with Crippen LogP contribution in [0.4, 0.5) is 5.13 Å². The number of fused-ring (bicyclic) bond motifs is 1. The minimum Gasteiger partial charge on any atom is -0.328 e. The summed E-state index contributed by atoms with van der Waals surface area (Å²) < 4.78 is 28.1. The van der Waals surface area contributed by atoms with Gasteiger partial charge in [0.05, 0.1) is 21.6 Å². The van der Waals surface area contributed by atoms with Gasteiger partial charge in [0.15, 0.2) is 5.13 Å². The van der Waals surface area contributed by atoms with Crippen molar-refractivity contribution >= 4 is 43.4 Å². The Balaban J connectivity index is 1.48. The Hall–Kier alpha value is -3.08. The lowest BCUT2D eigenvalue weighted by Gasteiger charge is -2.11. The Morgan fingerprint density at radius 2 is 1.91 bits per heavy atom. The molecule has 8 nitrogen and oxygen atoms in total. The maximum absolute atomic E-state index is 12.6. The molecule has 1 amide bonds. The van der Waals surface area contributed by atoms with Gasteiger partial charge in [0.25, 0.3) is 0 Å². The highest BCUT2D eigenvalue weighted by Gasteiger charge is 2.20. The average molecular weight is 498 g/mol. The summed E-state index contributed by atoms with van der Waals surface area (Å²) in [7, 11) is -0.544. The lowest BCUT2D eigenvalue weighted by atomic mass is 10.1. The number of anilines is 1. The molecule has 0 unspecified atom stereocenters. The average Bonchev–Trinajstić information content (AvgIpc) is 3.41. The monoisotopic (exact) mass is 497 g/mol. The van der Waals surface area contributed by atoms with Gasteiger partial charge in [-0.25, -0.2) is 22.7 Å². The van der Waals surface area contributed by atoms with Crippen molar-refractivity contribution < 1.29 is 13.2 Å². The maximum Gasteiger partial charge on any atom is 0.242 e. The van der Waals surface area contributed by atoms with Crippen LogP contribution in [0.15, 0.2) is 52.7 Å². The van der Waals surface area contributed by atoms with Gasteiger partial charge in [0.1, 0.15) is 5.82 Å². The molecule has 0 radical (unpaired) electrons. The minimum atomic E-state index is -3.55. The maximum atomic E-state index is 12.6. The number of imidazole rings is 1. The zero-order chi connectivity index (χ0) is 24.5. The number of rotatable bonds is 8. The summed E-state index contributed by atoms with van der Waals surface area (Å²) in [6.45, 7) is 4.70. The fourth-order valence-electron chi connectivity index (χ4n) is 3.80. The van der Waals surface area contributed by atoms with E-state index in [1.165, 1.54) is 29.7 Å². The number of thiazole rings is 1. The standard InChI is InChI=1S/C24H27N5O3S2/c1-5-29-21-11-10-17(34(31,32)28(3)4)14-19(21)25-22(29)12-13-23(30)27-24-26-20(15-33-24)18-9-7-6-8-16(18)2/h6-11,14-15H,5,12-13H2,1-4H3,(H,26,27,30). The number of amides is 1. The summed E-state index contributed by atoms with van der Waals surface area (Å²) in [5, 5.41) is 5.38. The molecule has 2 heterocycles. The first kappa shape index (κ1) is 24.1. The van der Waals surface area contributed by atoms with E-state index >= 15 is 0 Å². The van der Waals surface area contributed by atoms with Crippen molar-refractivity contribution in [1.82, 2.24) is 18.8 Å². The molecule has 0 fully saturated rings. The summed E-state index contributed by atoms with van der Waals surface area (Å²) in [6, 6.07) is 13.0.